The van der Waals surface area contributed by atoms with E-state index in [-0.39, 0.29) is 11.8 Å². The van der Waals surface area contributed by atoms with E-state index in [1.54, 1.807) is 0 Å². The fourth-order valence-electron chi connectivity index (χ4n) is 4.34. The Kier molecular flexibility index (Phi) is 2.26. The molecule has 0 heterocycles. The van der Waals surface area contributed by atoms with Gasteiger partial charge in [-0.25, -0.2) is 0 Å². The molecule has 2 bridgehead atoms. The fraction of sp³-hybridized carbons (Fsp3) is 0.0952. The number of aldehydes is 1. The fourth-order valence-corrected chi connectivity index (χ4v) is 4.34. The van der Waals surface area contributed by atoms with Gasteiger partial charge < -0.3 is 0 Å². The van der Waals surface area contributed by atoms with Gasteiger partial charge in [0.1, 0.15) is 6.29 Å². The largest absolute Gasteiger partial charge is 0.298 e. The number of hydrogen-bond donors (Lipinski definition) is 0. The first-order valence-electron chi connectivity index (χ1n) is 7.66. The van der Waals surface area contributed by atoms with E-state index in [1.807, 2.05) is 12.1 Å². The zero-order chi connectivity index (χ0) is 14.7. The van der Waals surface area contributed by atoms with Crippen molar-refractivity contribution in [1.29, 1.82) is 0 Å². The van der Waals surface area contributed by atoms with Gasteiger partial charge in [-0.3, -0.25) is 4.79 Å². The molecular formula is C21H14O. The van der Waals surface area contributed by atoms with Crippen LogP contribution in [0.3, 0.4) is 0 Å². The Balaban J connectivity index is 1.94. The van der Waals surface area contributed by atoms with Crippen molar-refractivity contribution in [3.63, 3.8) is 0 Å². The van der Waals surface area contributed by atoms with Gasteiger partial charge in [0, 0.05) is 17.4 Å². The van der Waals surface area contributed by atoms with Crippen molar-refractivity contribution in [3.05, 3.63) is 106 Å². The van der Waals surface area contributed by atoms with Crippen LogP contribution in [0.15, 0.2) is 66.7 Å². The Labute approximate surface area is 129 Å². The van der Waals surface area contributed by atoms with Crippen LogP contribution in [0.2, 0.25) is 0 Å². The molecule has 22 heavy (non-hydrogen) atoms. The molecule has 3 aliphatic rings. The summed E-state index contributed by atoms with van der Waals surface area (Å²) in [4.78, 5) is 11.6. The number of rotatable bonds is 1. The third-order valence-corrected chi connectivity index (χ3v) is 5.14. The van der Waals surface area contributed by atoms with Crippen LogP contribution in [0.4, 0.5) is 0 Å². The van der Waals surface area contributed by atoms with Crippen molar-refractivity contribution in [2.24, 2.45) is 0 Å². The highest BCUT2D eigenvalue weighted by atomic mass is 16.1. The standard InChI is InChI=1S/C21H14O/c22-12-13-6-5-11-18-19(13)21-16-9-3-1-7-14(16)20(18)15-8-2-4-10-17(15)21/h1-12,20-21H. The van der Waals surface area contributed by atoms with Gasteiger partial charge in [0.2, 0.25) is 0 Å². The van der Waals surface area contributed by atoms with Gasteiger partial charge in [0.25, 0.3) is 0 Å². The van der Waals surface area contributed by atoms with Crippen LogP contribution in [0.25, 0.3) is 0 Å². The Bertz CT molecular complexity index is 875. The van der Waals surface area contributed by atoms with E-state index in [4.69, 9.17) is 0 Å². The average Bonchev–Trinajstić information content (AvgIpc) is 2.60. The molecule has 0 aliphatic heterocycles. The lowest BCUT2D eigenvalue weighted by Crippen LogP contribution is -2.28. The SMILES string of the molecule is O=Cc1cccc2c1C1c3ccccc3C2c2ccccc21. The lowest BCUT2D eigenvalue weighted by atomic mass is 9.60. The van der Waals surface area contributed by atoms with Crippen LogP contribution >= 0.6 is 0 Å². The summed E-state index contributed by atoms with van der Waals surface area (Å²) in [5.74, 6) is 0.445. The van der Waals surface area contributed by atoms with Gasteiger partial charge in [-0.05, 0) is 33.4 Å². The summed E-state index contributed by atoms with van der Waals surface area (Å²) in [5, 5.41) is 0. The van der Waals surface area contributed by atoms with Crippen LogP contribution in [0.5, 0.6) is 0 Å². The third-order valence-electron chi connectivity index (χ3n) is 5.14. The molecule has 0 spiro atoms. The molecule has 0 atom stereocenters. The van der Waals surface area contributed by atoms with Gasteiger partial charge in [-0.2, -0.15) is 0 Å². The predicted octanol–water partition coefficient (Wildman–Crippen LogP) is 4.49. The molecule has 3 aromatic rings. The summed E-state index contributed by atoms with van der Waals surface area (Å²) >= 11 is 0. The van der Waals surface area contributed by atoms with Gasteiger partial charge in [0.15, 0.2) is 0 Å². The Hall–Kier alpha value is -2.67. The second kappa shape index (κ2) is 4.17. The van der Waals surface area contributed by atoms with E-state index in [1.165, 1.54) is 33.4 Å². The minimum atomic E-state index is 0.189. The maximum atomic E-state index is 11.6. The van der Waals surface area contributed by atoms with Gasteiger partial charge in [-0.1, -0.05) is 66.7 Å². The molecule has 0 aromatic heterocycles. The summed E-state index contributed by atoms with van der Waals surface area (Å²) in [6.45, 7) is 0. The van der Waals surface area contributed by atoms with E-state index < -0.39 is 0 Å². The monoisotopic (exact) mass is 282 g/mol. The number of benzene rings is 3. The molecule has 3 aliphatic carbocycles. The third kappa shape index (κ3) is 1.31. The van der Waals surface area contributed by atoms with Gasteiger partial charge in [0.05, 0.1) is 0 Å². The smallest absolute Gasteiger partial charge is 0.150 e. The lowest BCUT2D eigenvalue weighted by molar-refractivity contribution is 0.112. The Morgan fingerprint density at radius 1 is 0.591 bits per heavy atom. The average molecular weight is 282 g/mol. The van der Waals surface area contributed by atoms with Crippen LogP contribution < -0.4 is 0 Å². The van der Waals surface area contributed by atoms with E-state index >= 15 is 0 Å². The normalized spacial score (nSPS) is 20.0. The molecule has 0 saturated heterocycles. The molecule has 0 fully saturated rings. The first-order valence-corrected chi connectivity index (χ1v) is 7.66. The van der Waals surface area contributed by atoms with Crippen LogP contribution in [0, 0.1) is 0 Å². The second-order valence-corrected chi connectivity index (χ2v) is 6.09. The van der Waals surface area contributed by atoms with Gasteiger partial charge >= 0.3 is 0 Å². The van der Waals surface area contributed by atoms with E-state index in [9.17, 15) is 4.79 Å². The van der Waals surface area contributed by atoms with Gasteiger partial charge in [-0.15, -0.1) is 0 Å². The maximum absolute atomic E-state index is 11.6. The van der Waals surface area contributed by atoms with Crippen molar-refractivity contribution in [1.82, 2.24) is 0 Å². The molecule has 0 radical (unpaired) electrons. The maximum Gasteiger partial charge on any atom is 0.150 e. The molecule has 1 heteroatoms. The first kappa shape index (κ1) is 11.9. The molecule has 0 unspecified atom stereocenters. The summed E-state index contributed by atoms with van der Waals surface area (Å²) in [5.41, 5.74) is 8.83. The minimum absolute atomic E-state index is 0.189. The minimum Gasteiger partial charge on any atom is -0.298 e. The molecule has 1 nitrogen and oxygen atoms in total. The van der Waals surface area contributed by atoms with Crippen LogP contribution in [-0.4, -0.2) is 6.29 Å². The molecule has 104 valence electrons. The van der Waals surface area contributed by atoms with E-state index in [0.717, 1.165) is 11.8 Å². The highest BCUT2D eigenvalue weighted by Gasteiger charge is 2.41. The number of carbonyl (C=O) groups is 1. The summed E-state index contributed by atoms with van der Waals surface area (Å²) < 4.78 is 0. The van der Waals surface area contributed by atoms with Crippen LogP contribution in [-0.2, 0) is 0 Å². The van der Waals surface area contributed by atoms with E-state index in [2.05, 4.69) is 54.6 Å². The summed E-state index contributed by atoms with van der Waals surface area (Å²) in [6.07, 6.45) is 1.00. The predicted molar refractivity (Wildman–Crippen MR) is 86.6 cm³/mol. The zero-order valence-corrected chi connectivity index (χ0v) is 12.0. The summed E-state index contributed by atoms with van der Waals surface area (Å²) in [7, 11) is 0. The quantitative estimate of drug-likeness (QED) is 0.414. The Morgan fingerprint density at radius 3 is 1.64 bits per heavy atom. The lowest BCUT2D eigenvalue weighted by Gasteiger charge is -2.42. The summed E-state index contributed by atoms with van der Waals surface area (Å²) in [6, 6.07) is 23.5. The highest BCUT2D eigenvalue weighted by molar-refractivity contribution is 5.82. The van der Waals surface area contributed by atoms with E-state index in [0.29, 0.717) is 0 Å². The topological polar surface area (TPSA) is 17.1 Å². The first-order chi connectivity index (χ1) is 10.9. The number of carbonyl (C=O) groups excluding carboxylic acids is 1. The molecule has 3 aromatic carbocycles. The molecular weight excluding hydrogens is 268 g/mol. The van der Waals surface area contributed by atoms with Crippen molar-refractivity contribution in [2.75, 3.05) is 0 Å². The molecule has 6 rings (SSSR count). The van der Waals surface area contributed by atoms with Crippen LogP contribution in [0.1, 0.15) is 55.6 Å². The second-order valence-electron chi connectivity index (χ2n) is 6.09. The van der Waals surface area contributed by atoms with Crippen molar-refractivity contribution in [2.45, 2.75) is 11.8 Å². The highest BCUT2D eigenvalue weighted by Crippen LogP contribution is 2.55. The van der Waals surface area contributed by atoms with Crippen molar-refractivity contribution >= 4 is 6.29 Å². The van der Waals surface area contributed by atoms with Crippen molar-refractivity contribution < 1.29 is 4.79 Å². The Morgan fingerprint density at radius 2 is 1.09 bits per heavy atom. The van der Waals surface area contributed by atoms with Crippen molar-refractivity contribution in [3.8, 4) is 0 Å². The molecule has 0 saturated carbocycles. The number of hydrogen-bond acceptors (Lipinski definition) is 1. The molecule has 0 amide bonds. The zero-order valence-electron chi connectivity index (χ0n) is 12.0. The molecule has 0 N–H and O–H groups in total.